The van der Waals surface area contributed by atoms with E-state index in [2.05, 4.69) is 4.74 Å². The fourth-order valence-electron chi connectivity index (χ4n) is 1.45. The van der Waals surface area contributed by atoms with Gasteiger partial charge in [-0.05, 0) is 13.3 Å². The monoisotopic (exact) mass is 224 g/mol. The second-order valence-corrected chi connectivity index (χ2v) is 3.68. The molecule has 1 aliphatic rings. The van der Waals surface area contributed by atoms with Crippen molar-refractivity contribution < 1.29 is 14.3 Å². The lowest BCUT2D eigenvalue weighted by Gasteiger charge is -2.26. The third-order valence-corrected chi connectivity index (χ3v) is 2.44. The van der Waals surface area contributed by atoms with Crippen molar-refractivity contribution in [3.8, 4) is 0 Å². The Morgan fingerprint density at radius 1 is 1.62 bits per heavy atom. The van der Waals surface area contributed by atoms with Crippen LogP contribution in [0.25, 0.3) is 0 Å². The summed E-state index contributed by atoms with van der Waals surface area (Å²) in [6, 6.07) is -0.0571. The number of hydrogen-bond donors (Lipinski definition) is 1. The molecule has 1 atom stereocenters. The number of methoxy groups -OCH3 is 1. The molecule has 1 amide bonds. The van der Waals surface area contributed by atoms with Gasteiger partial charge in [-0.3, -0.25) is 9.59 Å². The lowest BCUT2D eigenvalue weighted by atomic mass is 10.1. The van der Waals surface area contributed by atoms with E-state index in [9.17, 15) is 9.59 Å². The maximum absolute atomic E-state index is 11.1. The number of primary amides is 1. The SMILES string of the molecule is COC(=O)CC(C)N1C=CCC(C(N)=O)=C1. The van der Waals surface area contributed by atoms with Crippen molar-refractivity contribution in [2.75, 3.05) is 7.11 Å². The van der Waals surface area contributed by atoms with Crippen molar-refractivity contribution in [1.82, 2.24) is 4.90 Å². The van der Waals surface area contributed by atoms with Gasteiger partial charge in [0.15, 0.2) is 0 Å². The average Bonchev–Trinajstić information content (AvgIpc) is 2.28. The van der Waals surface area contributed by atoms with Crippen LogP contribution in [0.1, 0.15) is 19.8 Å². The summed E-state index contributed by atoms with van der Waals surface area (Å²) < 4.78 is 4.58. The van der Waals surface area contributed by atoms with Gasteiger partial charge in [0.25, 0.3) is 0 Å². The van der Waals surface area contributed by atoms with E-state index in [0.717, 1.165) is 0 Å². The van der Waals surface area contributed by atoms with Crippen molar-refractivity contribution in [2.45, 2.75) is 25.8 Å². The third kappa shape index (κ3) is 3.12. The molecule has 0 aromatic rings. The highest BCUT2D eigenvalue weighted by molar-refractivity contribution is 5.92. The van der Waals surface area contributed by atoms with Crippen LogP contribution in [-0.2, 0) is 14.3 Å². The van der Waals surface area contributed by atoms with Crippen molar-refractivity contribution in [1.29, 1.82) is 0 Å². The highest BCUT2D eigenvalue weighted by Gasteiger charge is 2.17. The Bertz CT molecular complexity index is 347. The van der Waals surface area contributed by atoms with E-state index in [4.69, 9.17) is 5.73 Å². The van der Waals surface area contributed by atoms with Gasteiger partial charge in [0, 0.05) is 24.0 Å². The summed E-state index contributed by atoms with van der Waals surface area (Å²) in [7, 11) is 1.35. The van der Waals surface area contributed by atoms with Crippen LogP contribution in [0, 0.1) is 0 Å². The number of esters is 1. The number of carbonyl (C=O) groups excluding carboxylic acids is 2. The summed E-state index contributed by atoms with van der Waals surface area (Å²) in [6.07, 6.45) is 6.16. The standard InChI is InChI=1S/C11H16N2O3/c1-8(6-10(14)16-2)13-5-3-4-9(7-13)11(12)15/h3,5,7-8H,4,6H2,1-2H3,(H2,12,15). The van der Waals surface area contributed by atoms with E-state index in [-0.39, 0.29) is 18.4 Å². The summed E-state index contributed by atoms with van der Waals surface area (Å²) in [6.45, 7) is 1.88. The molecule has 1 unspecified atom stereocenters. The van der Waals surface area contributed by atoms with Crippen LogP contribution in [0.15, 0.2) is 24.0 Å². The molecule has 0 saturated carbocycles. The predicted octanol–water partition coefficient (Wildman–Crippen LogP) is 0.527. The molecule has 0 bridgehead atoms. The van der Waals surface area contributed by atoms with Crippen LogP contribution in [0.4, 0.5) is 0 Å². The van der Waals surface area contributed by atoms with Gasteiger partial charge in [-0.1, -0.05) is 6.08 Å². The second-order valence-electron chi connectivity index (χ2n) is 3.68. The first-order chi connectivity index (χ1) is 7.54. The molecule has 0 fully saturated rings. The maximum atomic E-state index is 11.1. The molecule has 5 nitrogen and oxygen atoms in total. The molecule has 0 aliphatic carbocycles. The van der Waals surface area contributed by atoms with Gasteiger partial charge in [0.1, 0.15) is 0 Å². The Labute approximate surface area is 94.5 Å². The van der Waals surface area contributed by atoms with Crippen LogP contribution < -0.4 is 5.73 Å². The lowest BCUT2D eigenvalue weighted by molar-refractivity contribution is -0.141. The molecule has 0 saturated heterocycles. The van der Waals surface area contributed by atoms with Crippen molar-refractivity contribution in [2.24, 2.45) is 5.73 Å². The van der Waals surface area contributed by atoms with Crippen molar-refractivity contribution >= 4 is 11.9 Å². The molecule has 1 rings (SSSR count). The second kappa shape index (κ2) is 5.34. The minimum Gasteiger partial charge on any atom is -0.469 e. The van der Waals surface area contributed by atoms with Crippen molar-refractivity contribution in [3.63, 3.8) is 0 Å². The Morgan fingerprint density at radius 2 is 2.31 bits per heavy atom. The van der Waals surface area contributed by atoms with Gasteiger partial charge < -0.3 is 15.4 Å². The minimum absolute atomic E-state index is 0.0571. The minimum atomic E-state index is -0.431. The molecule has 0 aromatic carbocycles. The molecule has 88 valence electrons. The molecule has 0 radical (unpaired) electrons. The largest absolute Gasteiger partial charge is 0.469 e. The first kappa shape index (κ1) is 12.3. The first-order valence-electron chi connectivity index (χ1n) is 5.06. The van der Waals surface area contributed by atoms with E-state index in [1.54, 1.807) is 11.1 Å². The summed E-state index contributed by atoms with van der Waals surface area (Å²) in [5.41, 5.74) is 5.74. The van der Waals surface area contributed by atoms with Gasteiger partial charge >= 0.3 is 5.97 Å². The zero-order chi connectivity index (χ0) is 12.1. The lowest BCUT2D eigenvalue weighted by Crippen LogP contribution is -2.29. The van der Waals surface area contributed by atoms with E-state index in [1.165, 1.54) is 7.11 Å². The molecule has 0 spiro atoms. The highest BCUT2D eigenvalue weighted by atomic mass is 16.5. The maximum Gasteiger partial charge on any atom is 0.307 e. The fraction of sp³-hybridized carbons (Fsp3) is 0.455. The van der Waals surface area contributed by atoms with Crippen LogP contribution >= 0.6 is 0 Å². The molecule has 1 heterocycles. The first-order valence-corrected chi connectivity index (χ1v) is 5.06. The fourth-order valence-corrected chi connectivity index (χ4v) is 1.45. The molecule has 16 heavy (non-hydrogen) atoms. The van der Waals surface area contributed by atoms with E-state index in [0.29, 0.717) is 12.0 Å². The molecule has 5 heteroatoms. The number of rotatable bonds is 4. The Hall–Kier alpha value is -1.78. The van der Waals surface area contributed by atoms with Crippen molar-refractivity contribution in [3.05, 3.63) is 24.0 Å². The van der Waals surface area contributed by atoms with Gasteiger partial charge in [-0.2, -0.15) is 0 Å². The van der Waals surface area contributed by atoms with Crippen LogP contribution in [-0.4, -0.2) is 29.9 Å². The summed E-state index contributed by atoms with van der Waals surface area (Å²) in [5.74, 6) is -0.708. The summed E-state index contributed by atoms with van der Waals surface area (Å²) in [4.78, 5) is 23.9. The number of carbonyl (C=O) groups is 2. The zero-order valence-electron chi connectivity index (χ0n) is 9.47. The van der Waals surface area contributed by atoms with E-state index >= 15 is 0 Å². The number of nitrogens with two attached hydrogens (primary N) is 1. The predicted molar refractivity (Wildman–Crippen MR) is 59.0 cm³/mol. The molecule has 2 N–H and O–H groups in total. The van der Waals surface area contributed by atoms with Gasteiger partial charge in [-0.25, -0.2) is 0 Å². The number of hydrogen-bond acceptors (Lipinski definition) is 4. The van der Waals surface area contributed by atoms with Gasteiger partial charge in [-0.15, -0.1) is 0 Å². The Balaban J connectivity index is 2.65. The smallest absolute Gasteiger partial charge is 0.307 e. The number of nitrogens with zero attached hydrogens (tertiary/aromatic N) is 1. The normalized spacial score (nSPS) is 16.6. The summed E-state index contributed by atoms with van der Waals surface area (Å²) >= 11 is 0. The van der Waals surface area contributed by atoms with Crippen LogP contribution in [0.3, 0.4) is 0 Å². The van der Waals surface area contributed by atoms with Crippen LogP contribution in [0.5, 0.6) is 0 Å². The van der Waals surface area contributed by atoms with Gasteiger partial charge in [0.2, 0.25) is 5.91 Å². The summed E-state index contributed by atoms with van der Waals surface area (Å²) in [5, 5.41) is 0. The van der Waals surface area contributed by atoms with E-state index < -0.39 is 5.91 Å². The molecule has 0 aromatic heterocycles. The van der Waals surface area contributed by atoms with Gasteiger partial charge in [0.05, 0.1) is 13.5 Å². The Kier molecular flexibility index (Phi) is 4.10. The number of allylic oxidation sites excluding steroid dienone is 1. The molecular formula is C11H16N2O3. The molecule has 1 aliphatic heterocycles. The van der Waals surface area contributed by atoms with Crippen LogP contribution in [0.2, 0.25) is 0 Å². The topological polar surface area (TPSA) is 72.6 Å². The van der Waals surface area contributed by atoms with E-state index in [1.807, 2.05) is 19.2 Å². The highest BCUT2D eigenvalue weighted by Crippen LogP contribution is 2.16. The number of ether oxygens (including phenoxy) is 1. The number of amides is 1. The quantitative estimate of drug-likeness (QED) is 0.707. The average molecular weight is 224 g/mol. The third-order valence-electron chi connectivity index (χ3n) is 2.44. The Morgan fingerprint density at radius 3 is 2.88 bits per heavy atom. The molecular weight excluding hydrogens is 208 g/mol. The zero-order valence-corrected chi connectivity index (χ0v) is 9.47.